The molecule has 0 bridgehead atoms. The molecule has 1 aliphatic heterocycles. The summed E-state index contributed by atoms with van der Waals surface area (Å²) >= 11 is 3.18. The summed E-state index contributed by atoms with van der Waals surface area (Å²) in [6.07, 6.45) is 1.45. The molecule has 1 aliphatic rings. The van der Waals surface area contributed by atoms with Crippen LogP contribution in [-0.2, 0) is 24.0 Å². The molecule has 1 saturated heterocycles. The molecule has 6 N–H and O–H groups in total. The van der Waals surface area contributed by atoms with E-state index in [0.717, 1.165) is 30.8 Å². The molecule has 1 rings (SSSR count). The van der Waals surface area contributed by atoms with Gasteiger partial charge in [-0.25, -0.2) is 0 Å². The average molecular weight is 646 g/mol. The van der Waals surface area contributed by atoms with Crippen molar-refractivity contribution in [2.24, 2.45) is 17.8 Å². The van der Waals surface area contributed by atoms with Crippen LogP contribution >= 0.6 is 23.5 Å². The van der Waals surface area contributed by atoms with Crippen molar-refractivity contribution in [3.05, 3.63) is 0 Å². The van der Waals surface area contributed by atoms with Crippen molar-refractivity contribution >= 4 is 53.1 Å². The van der Waals surface area contributed by atoms with Crippen molar-refractivity contribution < 1.29 is 29.1 Å². The average Bonchev–Trinajstić information content (AvgIpc) is 2.90. The second kappa shape index (κ2) is 20.9. The summed E-state index contributed by atoms with van der Waals surface area (Å²) in [6.45, 7) is 13.7. The number of aliphatic hydroxyl groups is 1. The van der Waals surface area contributed by atoms with Crippen molar-refractivity contribution in [2.45, 2.75) is 111 Å². The number of carbonyl (C=O) groups is 5. The molecule has 13 heteroatoms. The number of thioether (sulfide) groups is 2. The minimum absolute atomic E-state index is 0.144. The number of nitrogens with one attached hydrogen (secondary N) is 5. The van der Waals surface area contributed by atoms with Gasteiger partial charge in [0, 0.05) is 24.5 Å². The van der Waals surface area contributed by atoms with E-state index in [2.05, 4.69) is 40.4 Å². The van der Waals surface area contributed by atoms with Crippen LogP contribution in [0.4, 0.5) is 0 Å². The van der Waals surface area contributed by atoms with Gasteiger partial charge in [0.1, 0.15) is 18.1 Å². The highest BCUT2D eigenvalue weighted by Crippen LogP contribution is 2.16. The predicted octanol–water partition coefficient (Wildman–Crippen LogP) is 1.82. The molecule has 0 saturated carbocycles. The molecule has 0 aromatic rings. The van der Waals surface area contributed by atoms with Crippen molar-refractivity contribution in [3.8, 4) is 0 Å². The normalized spacial score (nSPS) is 22.5. The Balaban J connectivity index is 2.96. The number of hydrogen-bond acceptors (Lipinski definition) is 8. The Morgan fingerprint density at radius 2 is 1.49 bits per heavy atom. The molecular weight excluding hydrogens is 590 g/mol. The molecule has 43 heavy (non-hydrogen) atoms. The first-order chi connectivity index (χ1) is 20.2. The van der Waals surface area contributed by atoms with E-state index in [9.17, 15) is 29.1 Å². The van der Waals surface area contributed by atoms with Crippen molar-refractivity contribution in [1.82, 2.24) is 26.6 Å². The van der Waals surface area contributed by atoms with Gasteiger partial charge in [0.2, 0.25) is 29.5 Å². The number of hydrogen-bond donors (Lipinski definition) is 6. The van der Waals surface area contributed by atoms with Crippen molar-refractivity contribution in [3.63, 3.8) is 0 Å². The Kier molecular flexibility index (Phi) is 18.9. The Hall–Kier alpha value is -1.99. The van der Waals surface area contributed by atoms with E-state index in [1.54, 1.807) is 44.3 Å². The summed E-state index contributed by atoms with van der Waals surface area (Å²) in [5, 5.41) is 25.0. The topological polar surface area (TPSA) is 166 Å². The number of amides is 5. The lowest BCUT2D eigenvalue weighted by Gasteiger charge is -2.29. The van der Waals surface area contributed by atoms with E-state index in [-0.39, 0.29) is 30.1 Å². The van der Waals surface area contributed by atoms with Gasteiger partial charge in [-0.05, 0) is 55.4 Å². The number of carbonyl (C=O) groups excluding carboxylic acids is 5. The molecule has 0 aliphatic carbocycles. The fraction of sp³-hybridized carbons (Fsp3) is 0.833. The Labute approximate surface area is 266 Å². The summed E-state index contributed by atoms with van der Waals surface area (Å²) in [6, 6.07) is -3.21. The summed E-state index contributed by atoms with van der Waals surface area (Å²) < 4.78 is 0. The zero-order valence-corrected chi connectivity index (χ0v) is 28.6. The van der Waals surface area contributed by atoms with Gasteiger partial charge in [-0.15, -0.1) is 0 Å². The van der Waals surface area contributed by atoms with E-state index >= 15 is 0 Å². The van der Waals surface area contributed by atoms with Gasteiger partial charge in [0.25, 0.3) is 0 Å². The molecule has 0 aromatic carbocycles. The fourth-order valence-electron chi connectivity index (χ4n) is 4.27. The van der Waals surface area contributed by atoms with Gasteiger partial charge >= 0.3 is 0 Å². The molecule has 5 amide bonds. The van der Waals surface area contributed by atoms with Crippen LogP contribution in [0.15, 0.2) is 0 Å². The summed E-state index contributed by atoms with van der Waals surface area (Å²) in [5.74, 6) is 0.813. The SMILES string of the molecule is CC(C)CCNC(=O)[C@H](C)NC(=O)C[C@H](O)[C@@H]1CSCCCCSC[C@H](NC(=O)CC(C)C)C(=O)N[C@@H](C(C)C)C(=O)N1. The Morgan fingerprint density at radius 1 is 0.860 bits per heavy atom. The van der Waals surface area contributed by atoms with Crippen LogP contribution in [0.2, 0.25) is 0 Å². The molecule has 0 unspecified atom stereocenters. The molecule has 0 spiro atoms. The largest absolute Gasteiger partial charge is 0.390 e. The van der Waals surface area contributed by atoms with E-state index < -0.39 is 48.0 Å². The Bertz CT molecular complexity index is 904. The zero-order chi connectivity index (χ0) is 32.5. The van der Waals surface area contributed by atoms with Gasteiger partial charge in [-0.1, -0.05) is 41.5 Å². The summed E-state index contributed by atoms with van der Waals surface area (Å²) in [7, 11) is 0. The first-order valence-corrected chi connectivity index (χ1v) is 17.8. The monoisotopic (exact) mass is 645 g/mol. The highest BCUT2D eigenvalue weighted by Gasteiger charge is 2.32. The van der Waals surface area contributed by atoms with Crippen LogP contribution in [0.3, 0.4) is 0 Å². The molecule has 11 nitrogen and oxygen atoms in total. The maximum Gasteiger partial charge on any atom is 0.244 e. The third kappa shape index (κ3) is 16.6. The van der Waals surface area contributed by atoms with Crippen LogP contribution in [0.25, 0.3) is 0 Å². The molecule has 0 aromatic heterocycles. The lowest BCUT2D eigenvalue weighted by molar-refractivity contribution is -0.133. The lowest BCUT2D eigenvalue weighted by atomic mass is 10.0. The number of aliphatic hydroxyl groups excluding tert-OH is 1. The highest BCUT2D eigenvalue weighted by molar-refractivity contribution is 7.99. The second-order valence-corrected chi connectivity index (χ2v) is 14.8. The molecule has 5 atom stereocenters. The molecule has 1 heterocycles. The maximum atomic E-state index is 13.4. The van der Waals surface area contributed by atoms with Crippen LogP contribution in [0.1, 0.15) is 80.6 Å². The summed E-state index contributed by atoms with van der Waals surface area (Å²) in [5.41, 5.74) is 0. The first kappa shape index (κ1) is 39.0. The van der Waals surface area contributed by atoms with Crippen LogP contribution in [-0.4, -0.2) is 94.5 Å². The predicted molar refractivity (Wildman–Crippen MR) is 175 cm³/mol. The fourth-order valence-corrected chi connectivity index (χ4v) is 6.45. The smallest absolute Gasteiger partial charge is 0.244 e. The Morgan fingerprint density at radius 3 is 2.07 bits per heavy atom. The first-order valence-electron chi connectivity index (χ1n) is 15.5. The zero-order valence-electron chi connectivity index (χ0n) is 27.0. The summed E-state index contributed by atoms with van der Waals surface area (Å²) in [4.78, 5) is 64.3. The molecule has 0 radical (unpaired) electrons. The van der Waals surface area contributed by atoms with Gasteiger partial charge < -0.3 is 31.7 Å². The van der Waals surface area contributed by atoms with Gasteiger partial charge in [-0.3, -0.25) is 24.0 Å². The maximum absolute atomic E-state index is 13.4. The third-order valence-corrected chi connectivity index (χ3v) is 9.20. The van der Waals surface area contributed by atoms with E-state index in [1.807, 2.05) is 13.8 Å². The van der Waals surface area contributed by atoms with Crippen molar-refractivity contribution in [2.75, 3.05) is 29.6 Å². The van der Waals surface area contributed by atoms with Gasteiger partial charge in [0.15, 0.2) is 0 Å². The quantitative estimate of drug-likeness (QED) is 0.187. The second-order valence-electron chi connectivity index (χ2n) is 12.5. The van der Waals surface area contributed by atoms with Crippen LogP contribution in [0, 0.1) is 17.8 Å². The molecule has 1 fully saturated rings. The third-order valence-electron chi connectivity index (χ3n) is 6.88. The standard InChI is InChI=1S/C30H55N5O6S2/c1-18(2)10-11-31-28(39)21(7)32-26(38)15-24(36)22-16-42-12-8-9-13-43-17-23(33-25(37)14-19(3)4)29(40)35-27(20(5)6)30(41)34-22/h18-24,27,36H,8-17H2,1-7H3,(H,31,39)(H,32,38)(H,33,37)(H,34,41)(H,35,40)/t21-,22-,23-,24-,27-/m0/s1. The van der Waals surface area contributed by atoms with Gasteiger partial charge in [0.05, 0.1) is 18.6 Å². The van der Waals surface area contributed by atoms with E-state index in [1.165, 1.54) is 0 Å². The van der Waals surface area contributed by atoms with Crippen LogP contribution < -0.4 is 26.6 Å². The number of rotatable bonds is 12. The van der Waals surface area contributed by atoms with Gasteiger partial charge in [-0.2, -0.15) is 23.5 Å². The molecule has 248 valence electrons. The molecular formula is C30H55N5O6S2. The van der Waals surface area contributed by atoms with Crippen LogP contribution in [0.5, 0.6) is 0 Å². The lowest BCUT2D eigenvalue weighted by Crippen LogP contribution is -2.59. The minimum Gasteiger partial charge on any atom is -0.390 e. The highest BCUT2D eigenvalue weighted by atomic mass is 32.2. The van der Waals surface area contributed by atoms with E-state index in [4.69, 9.17) is 0 Å². The van der Waals surface area contributed by atoms with E-state index in [0.29, 0.717) is 30.4 Å². The minimum atomic E-state index is -1.20. The van der Waals surface area contributed by atoms with Crippen molar-refractivity contribution in [1.29, 1.82) is 0 Å².